The van der Waals surface area contributed by atoms with Crippen LogP contribution in [0.15, 0.2) is 24.3 Å². The minimum Gasteiger partial charge on any atom is -0.273 e. The third kappa shape index (κ3) is 2.92. The van der Waals surface area contributed by atoms with Crippen molar-refractivity contribution >= 4 is 11.8 Å². The van der Waals surface area contributed by atoms with Crippen molar-refractivity contribution in [1.29, 1.82) is 0 Å². The molecule has 5 heteroatoms. The molecule has 2 N–H and O–H groups in total. The largest absolute Gasteiger partial charge is 0.273 e. The summed E-state index contributed by atoms with van der Waals surface area (Å²) >= 11 is 0. The van der Waals surface area contributed by atoms with Gasteiger partial charge in [0.15, 0.2) is 0 Å². The van der Waals surface area contributed by atoms with Crippen molar-refractivity contribution in [2.45, 2.75) is 44.9 Å². The number of hydrogen-bond acceptors (Lipinski definition) is 2. The van der Waals surface area contributed by atoms with Crippen molar-refractivity contribution in [3.8, 4) is 0 Å². The zero-order valence-electron chi connectivity index (χ0n) is 13.7. The minimum absolute atomic E-state index is 0.0332. The van der Waals surface area contributed by atoms with E-state index in [0.717, 1.165) is 19.3 Å². The first kappa shape index (κ1) is 15.6. The summed E-state index contributed by atoms with van der Waals surface area (Å²) in [6, 6.07) is 5.95. The standard InChI is InChI=1S/C19H23FN2O2/c20-16-3-1-2-12(7-16)8-17(23)21-22-18(24)19-9-13-4-14(10-19)6-15(5-13)11-19/h1-3,7,13-15H,4-6,8-11H2,(H,21,23)(H,22,24). The Hall–Kier alpha value is -1.91. The molecule has 1 aromatic rings. The van der Waals surface area contributed by atoms with E-state index in [1.54, 1.807) is 12.1 Å². The van der Waals surface area contributed by atoms with Gasteiger partial charge in [-0.05, 0) is 74.0 Å². The molecule has 0 spiro atoms. The fraction of sp³-hybridized carbons (Fsp3) is 0.579. The number of rotatable bonds is 3. The summed E-state index contributed by atoms with van der Waals surface area (Å²) in [4.78, 5) is 24.7. The van der Waals surface area contributed by atoms with Crippen molar-refractivity contribution in [3.63, 3.8) is 0 Å². The van der Waals surface area contributed by atoms with Crippen LogP contribution >= 0.6 is 0 Å². The van der Waals surface area contributed by atoms with Gasteiger partial charge >= 0.3 is 0 Å². The van der Waals surface area contributed by atoms with Crippen molar-refractivity contribution in [2.24, 2.45) is 23.2 Å². The Balaban J connectivity index is 1.34. The van der Waals surface area contributed by atoms with Gasteiger partial charge < -0.3 is 0 Å². The highest BCUT2D eigenvalue weighted by Crippen LogP contribution is 2.59. The summed E-state index contributed by atoms with van der Waals surface area (Å²) in [7, 11) is 0. The predicted molar refractivity (Wildman–Crippen MR) is 87.0 cm³/mol. The van der Waals surface area contributed by atoms with Crippen molar-refractivity contribution in [2.75, 3.05) is 0 Å². The lowest BCUT2D eigenvalue weighted by Gasteiger charge is -2.55. The van der Waals surface area contributed by atoms with E-state index in [0.29, 0.717) is 23.3 Å². The fourth-order valence-electron chi connectivity index (χ4n) is 5.52. The molecule has 0 atom stereocenters. The van der Waals surface area contributed by atoms with Gasteiger partial charge in [-0.25, -0.2) is 4.39 Å². The Labute approximate surface area is 141 Å². The predicted octanol–water partition coefficient (Wildman–Crippen LogP) is 2.73. The van der Waals surface area contributed by atoms with E-state index >= 15 is 0 Å². The molecule has 4 nitrogen and oxygen atoms in total. The lowest BCUT2D eigenvalue weighted by molar-refractivity contribution is -0.148. The van der Waals surface area contributed by atoms with Gasteiger partial charge in [0.05, 0.1) is 11.8 Å². The number of hydrogen-bond donors (Lipinski definition) is 2. The molecule has 2 amide bonds. The number of benzene rings is 1. The van der Waals surface area contributed by atoms with Gasteiger partial charge in [-0.2, -0.15) is 0 Å². The van der Waals surface area contributed by atoms with E-state index in [9.17, 15) is 14.0 Å². The highest BCUT2D eigenvalue weighted by Gasteiger charge is 2.54. The normalized spacial score (nSPS) is 33.3. The Bertz CT molecular complexity index is 638. The summed E-state index contributed by atoms with van der Waals surface area (Å²) in [6.07, 6.45) is 6.77. The van der Waals surface area contributed by atoms with Crippen molar-refractivity contribution < 1.29 is 14.0 Å². The third-order valence-electron chi connectivity index (χ3n) is 6.09. The van der Waals surface area contributed by atoms with Gasteiger partial charge in [-0.3, -0.25) is 20.4 Å². The molecule has 4 bridgehead atoms. The lowest BCUT2D eigenvalue weighted by atomic mass is 9.49. The number of carbonyl (C=O) groups is 2. The molecule has 0 aliphatic heterocycles. The highest BCUT2D eigenvalue weighted by atomic mass is 19.1. The maximum absolute atomic E-state index is 13.2. The summed E-state index contributed by atoms with van der Waals surface area (Å²) < 4.78 is 13.2. The number of carbonyl (C=O) groups excluding carboxylic acids is 2. The summed E-state index contributed by atoms with van der Waals surface area (Å²) in [6.45, 7) is 0. The quantitative estimate of drug-likeness (QED) is 0.837. The maximum atomic E-state index is 13.2. The summed E-state index contributed by atoms with van der Waals surface area (Å²) in [5, 5.41) is 0. The van der Waals surface area contributed by atoms with Gasteiger partial charge in [0.25, 0.3) is 0 Å². The van der Waals surface area contributed by atoms with Crippen LogP contribution in [0.3, 0.4) is 0 Å². The number of halogens is 1. The fourth-order valence-corrected chi connectivity index (χ4v) is 5.52. The van der Waals surface area contributed by atoms with Crippen LogP contribution in [-0.4, -0.2) is 11.8 Å². The van der Waals surface area contributed by atoms with E-state index in [-0.39, 0.29) is 29.5 Å². The average Bonchev–Trinajstić information content (AvgIpc) is 2.51. The second-order valence-corrected chi connectivity index (χ2v) is 8.01. The summed E-state index contributed by atoms with van der Waals surface area (Å²) in [5.41, 5.74) is 5.47. The zero-order chi connectivity index (χ0) is 16.7. The maximum Gasteiger partial charge on any atom is 0.244 e. The second-order valence-electron chi connectivity index (χ2n) is 8.01. The molecule has 0 saturated heterocycles. The van der Waals surface area contributed by atoms with Crippen LogP contribution in [0.25, 0.3) is 0 Å². The first-order valence-electron chi connectivity index (χ1n) is 8.86. The van der Waals surface area contributed by atoms with Gasteiger partial charge in [0.1, 0.15) is 5.82 Å². The molecule has 5 rings (SSSR count). The molecule has 4 fully saturated rings. The van der Waals surface area contributed by atoms with Crippen molar-refractivity contribution in [1.82, 2.24) is 10.9 Å². The Morgan fingerprint density at radius 2 is 1.67 bits per heavy atom. The van der Waals surface area contributed by atoms with Crippen LogP contribution in [-0.2, 0) is 16.0 Å². The van der Waals surface area contributed by atoms with E-state index in [1.165, 1.54) is 31.4 Å². The number of hydrazine groups is 1. The second kappa shape index (κ2) is 5.87. The molecule has 0 unspecified atom stereocenters. The van der Waals surface area contributed by atoms with E-state index < -0.39 is 0 Å². The van der Waals surface area contributed by atoms with Crippen LogP contribution in [0.2, 0.25) is 0 Å². The molecule has 0 aromatic heterocycles. The van der Waals surface area contributed by atoms with Gasteiger partial charge in [-0.15, -0.1) is 0 Å². The highest BCUT2D eigenvalue weighted by molar-refractivity contribution is 5.86. The minimum atomic E-state index is -0.363. The Kier molecular flexibility index (Phi) is 3.82. The molecule has 4 aliphatic carbocycles. The van der Waals surface area contributed by atoms with E-state index in [4.69, 9.17) is 0 Å². The first-order valence-corrected chi connectivity index (χ1v) is 8.86. The molecule has 4 aliphatic rings. The summed E-state index contributed by atoms with van der Waals surface area (Å²) in [5.74, 6) is 1.34. The average molecular weight is 330 g/mol. The molecule has 0 heterocycles. The van der Waals surface area contributed by atoms with Gasteiger partial charge in [0.2, 0.25) is 11.8 Å². The lowest BCUT2D eigenvalue weighted by Crippen LogP contribution is -2.56. The van der Waals surface area contributed by atoms with E-state index in [2.05, 4.69) is 10.9 Å². The zero-order valence-corrected chi connectivity index (χ0v) is 13.7. The van der Waals surface area contributed by atoms with Crippen LogP contribution in [0.4, 0.5) is 4.39 Å². The first-order chi connectivity index (χ1) is 11.5. The topological polar surface area (TPSA) is 58.2 Å². The monoisotopic (exact) mass is 330 g/mol. The van der Waals surface area contributed by atoms with Crippen LogP contribution in [0.5, 0.6) is 0 Å². The Morgan fingerprint density at radius 3 is 2.25 bits per heavy atom. The van der Waals surface area contributed by atoms with E-state index in [1.807, 2.05) is 0 Å². The molecular formula is C19H23FN2O2. The van der Waals surface area contributed by atoms with Gasteiger partial charge in [-0.1, -0.05) is 12.1 Å². The molecule has 128 valence electrons. The molecule has 1 aromatic carbocycles. The molecule has 4 saturated carbocycles. The van der Waals surface area contributed by atoms with Gasteiger partial charge in [0, 0.05) is 0 Å². The van der Waals surface area contributed by atoms with Crippen LogP contribution in [0, 0.1) is 29.0 Å². The third-order valence-corrected chi connectivity index (χ3v) is 6.09. The van der Waals surface area contributed by atoms with Crippen molar-refractivity contribution in [3.05, 3.63) is 35.6 Å². The molecule has 24 heavy (non-hydrogen) atoms. The van der Waals surface area contributed by atoms with Crippen LogP contribution in [0.1, 0.15) is 44.1 Å². The molecular weight excluding hydrogens is 307 g/mol. The number of amides is 2. The Morgan fingerprint density at radius 1 is 1.04 bits per heavy atom. The number of nitrogens with one attached hydrogen (secondary N) is 2. The molecule has 0 radical (unpaired) electrons. The SMILES string of the molecule is O=C(Cc1cccc(F)c1)NNC(=O)C12CC3CC(CC(C3)C1)C2. The van der Waals surface area contributed by atoms with Crippen LogP contribution < -0.4 is 10.9 Å². The smallest absolute Gasteiger partial charge is 0.244 e.